The number of rotatable bonds is 3. The molecule has 0 radical (unpaired) electrons. The first-order valence-electron chi connectivity index (χ1n) is 14.3. The van der Waals surface area contributed by atoms with E-state index < -0.39 is 0 Å². The first-order valence-corrected chi connectivity index (χ1v) is 14.3. The predicted molar refractivity (Wildman–Crippen MR) is 173 cm³/mol. The molecule has 0 bridgehead atoms. The predicted octanol–water partition coefficient (Wildman–Crippen LogP) is 9.64. The van der Waals surface area contributed by atoms with E-state index in [4.69, 9.17) is 5.73 Å². The molecule has 0 aliphatic carbocycles. The summed E-state index contributed by atoms with van der Waals surface area (Å²) in [6, 6.07) is 46.4. The smallest absolute Gasteiger partial charge is 0.0707 e. The van der Waals surface area contributed by atoms with Crippen molar-refractivity contribution in [3.63, 3.8) is 0 Å². The Bertz CT molecular complexity index is 2120. The van der Waals surface area contributed by atoms with Crippen LogP contribution in [0.3, 0.4) is 0 Å². The van der Waals surface area contributed by atoms with Gasteiger partial charge in [0.05, 0.1) is 29.1 Å². The molecule has 198 valence electrons. The van der Waals surface area contributed by atoms with Gasteiger partial charge in [-0.1, -0.05) is 105 Å². The standard InChI is InChI=1S/C38H31N3/c1-38(2)31-14-8-9-15-33(31)41(28-11-4-3-5-12-28)36-23-27(17-20-32(36)38)26-16-19-30-35(22-26)40(24-39)34-21-18-25-10-6-7-13-29(25)37(30)34/h3-23H,24,39H2,1-2H3. The van der Waals surface area contributed by atoms with Gasteiger partial charge in [-0.2, -0.15) is 0 Å². The molecule has 2 N–H and O–H groups in total. The summed E-state index contributed by atoms with van der Waals surface area (Å²) in [5.74, 6) is 0. The Hall–Kier alpha value is -4.86. The lowest BCUT2D eigenvalue weighted by molar-refractivity contribution is 0.632. The van der Waals surface area contributed by atoms with E-state index >= 15 is 0 Å². The van der Waals surface area contributed by atoms with Crippen LogP contribution >= 0.6 is 0 Å². The summed E-state index contributed by atoms with van der Waals surface area (Å²) in [5, 5.41) is 5.03. The fraction of sp³-hybridized carbons (Fsp3) is 0.105. The van der Waals surface area contributed by atoms with Gasteiger partial charge >= 0.3 is 0 Å². The van der Waals surface area contributed by atoms with Crippen LogP contribution in [0.2, 0.25) is 0 Å². The molecule has 1 aromatic heterocycles. The van der Waals surface area contributed by atoms with E-state index in [9.17, 15) is 0 Å². The molecule has 1 aliphatic heterocycles. The summed E-state index contributed by atoms with van der Waals surface area (Å²) >= 11 is 0. The van der Waals surface area contributed by atoms with Crippen molar-refractivity contribution in [1.29, 1.82) is 0 Å². The number of hydrogen-bond donors (Lipinski definition) is 1. The van der Waals surface area contributed by atoms with Gasteiger partial charge in [0, 0.05) is 21.9 Å². The van der Waals surface area contributed by atoms with Crippen molar-refractivity contribution in [2.75, 3.05) is 4.90 Å². The summed E-state index contributed by atoms with van der Waals surface area (Å²) in [6.07, 6.45) is 0. The average Bonchev–Trinajstić information content (AvgIpc) is 3.35. The van der Waals surface area contributed by atoms with Crippen molar-refractivity contribution in [3.05, 3.63) is 139 Å². The Balaban J connectivity index is 1.36. The van der Waals surface area contributed by atoms with E-state index in [-0.39, 0.29) is 5.41 Å². The van der Waals surface area contributed by atoms with Crippen molar-refractivity contribution >= 4 is 49.6 Å². The Labute approximate surface area is 240 Å². The molecular weight excluding hydrogens is 498 g/mol. The van der Waals surface area contributed by atoms with Crippen molar-refractivity contribution in [2.24, 2.45) is 5.73 Å². The lowest BCUT2D eigenvalue weighted by Crippen LogP contribution is -2.30. The fourth-order valence-electron chi connectivity index (χ4n) is 6.99. The Morgan fingerprint density at radius 1 is 0.585 bits per heavy atom. The second kappa shape index (κ2) is 8.82. The maximum absolute atomic E-state index is 6.36. The number of fused-ring (bicyclic) bond motifs is 7. The highest BCUT2D eigenvalue weighted by Crippen LogP contribution is 2.52. The zero-order valence-electron chi connectivity index (χ0n) is 23.3. The molecule has 7 aromatic rings. The van der Waals surface area contributed by atoms with Crippen LogP contribution in [0.5, 0.6) is 0 Å². The molecule has 0 fully saturated rings. The van der Waals surface area contributed by atoms with Gasteiger partial charge in [-0.15, -0.1) is 0 Å². The third kappa shape index (κ3) is 3.43. The monoisotopic (exact) mass is 529 g/mol. The van der Waals surface area contributed by atoms with Gasteiger partial charge in [-0.3, -0.25) is 0 Å². The maximum atomic E-state index is 6.36. The Kier molecular flexibility index (Phi) is 5.16. The van der Waals surface area contributed by atoms with Crippen molar-refractivity contribution in [3.8, 4) is 11.1 Å². The molecule has 0 saturated heterocycles. The molecule has 0 saturated carbocycles. The summed E-state index contributed by atoms with van der Waals surface area (Å²) < 4.78 is 2.24. The van der Waals surface area contributed by atoms with Gasteiger partial charge in [0.2, 0.25) is 0 Å². The number of nitrogens with two attached hydrogens (primary N) is 1. The fourth-order valence-corrected chi connectivity index (χ4v) is 6.99. The molecular formula is C38H31N3. The molecule has 0 amide bonds. The highest BCUT2D eigenvalue weighted by atomic mass is 15.2. The Morgan fingerprint density at radius 3 is 2.15 bits per heavy atom. The molecule has 8 rings (SSSR count). The van der Waals surface area contributed by atoms with Gasteiger partial charge in [0.1, 0.15) is 0 Å². The number of nitrogens with zero attached hydrogens (tertiary/aromatic N) is 2. The van der Waals surface area contributed by atoms with Crippen LogP contribution in [0, 0.1) is 0 Å². The van der Waals surface area contributed by atoms with Crippen LogP contribution < -0.4 is 10.6 Å². The van der Waals surface area contributed by atoms with Crippen LogP contribution in [0.15, 0.2) is 127 Å². The van der Waals surface area contributed by atoms with Crippen LogP contribution in [0.1, 0.15) is 25.0 Å². The molecule has 0 unspecified atom stereocenters. The van der Waals surface area contributed by atoms with E-state index in [2.05, 4.69) is 151 Å². The van der Waals surface area contributed by atoms with Gasteiger partial charge in [0.15, 0.2) is 0 Å². The number of hydrogen-bond acceptors (Lipinski definition) is 2. The largest absolute Gasteiger partial charge is 0.327 e. The van der Waals surface area contributed by atoms with E-state index in [0.717, 1.165) is 0 Å². The third-order valence-electron chi connectivity index (χ3n) is 9.02. The number of aromatic nitrogens is 1. The van der Waals surface area contributed by atoms with Gasteiger partial charge in [-0.25, -0.2) is 0 Å². The highest BCUT2D eigenvalue weighted by Gasteiger charge is 2.36. The van der Waals surface area contributed by atoms with Crippen LogP contribution in [-0.2, 0) is 12.1 Å². The first kappa shape index (κ1) is 24.0. The quantitative estimate of drug-likeness (QED) is 0.247. The lowest BCUT2D eigenvalue weighted by atomic mass is 9.73. The zero-order valence-corrected chi connectivity index (χ0v) is 23.3. The molecule has 41 heavy (non-hydrogen) atoms. The minimum atomic E-state index is -0.118. The molecule has 0 atom stereocenters. The molecule has 0 spiro atoms. The highest BCUT2D eigenvalue weighted by molar-refractivity contribution is 6.21. The van der Waals surface area contributed by atoms with Crippen molar-refractivity contribution < 1.29 is 0 Å². The first-order chi connectivity index (χ1) is 20.1. The van der Waals surface area contributed by atoms with Gasteiger partial charge in [0.25, 0.3) is 0 Å². The molecule has 6 aromatic carbocycles. The van der Waals surface area contributed by atoms with Gasteiger partial charge in [-0.05, 0) is 69.4 Å². The lowest BCUT2D eigenvalue weighted by Gasteiger charge is -2.42. The maximum Gasteiger partial charge on any atom is 0.0707 e. The second-order valence-corrected chi connectivity index (χ2v) is 11.6. The van der Waals surface area contributed by atoms with Crippen LogP contribution in [-0.4, -0.2) is 4.57 Å². The van der Waals surface area contributed by atoms with Crippen LogP contribution in [0.4, 0.5) is 17.1 Å². The Morgan fingerprint density at radius 2 is 1.29 bits per heavy atom. The number of benzene rings is 6. The van der Waals surface area contributed by atoms with E-state index in [1.807, 2.05) is 0 Å². The third-order valence-corrected chi connectivity index (χ3v) is 9.02. The molecule has 3 nitrogen and oxygen atoms in total. The van der Waals surface area contributed by atoms with Crippen LogP contribution in [0.25, 0.3) is 43.7 Å². The summed E-state index contributed by atoms with van der Waals surface area (Å²) in [5.41, 5.74) is 17.3. The van der Waals surface area contributed by atoms with E-state index in [1.165, 1.54) is 71.9 Å². The number of para-hydroxylation sites is 2. The van der Waals surface area contributed by atoms with Gasteiger partial charge < -0.3 is 15.2 Å². The SMILES string of the molecule is CC1(C)c2ccccc2N(c2ccccc2)c2cc(-c3ccc4c5c6ccccc6ccc5n(CN)c4c3)ccc21. The molecule has 3 heteroatoms. The summed E-state index contributed by atoms with van der Waals surface area (Å²) in [6.45, 7) is 5.10. The topological polar surface area (TPSA) is 34.2 Å². The summed E-state index contributed by atoms with van der Waals surface area (Å²) in [4.78, 5) is 2.42. The van der Waals surface area contributed by atoms with E-state index in [0.29, 0.717) is 6.67 Å². The molecule has 1 aliphatic rings. The second-order valence-electron chi connectivity index (χ2n) is 11.6. The zero-order chi connectivity index (χ0) is 27.7. The van der Waals surface area contributed by atoms with Crippen molar-refractivity contribution in [1.82, 2.24) is 4.57 Å². The van der Waals surface area contributed by atoms with Crippen molar-refractivity contribution in [2.45, 2.75) is 25.9 Å². The minimum Gasteiger partial charge on any atom is -0.327 e. The normalized spacial score (nSPS) is 14.0. The summed E-state index contributed by atoms with van der Waals surface area (Å²) in [7, 11) is 0. The van der Waals surface area contributed by atoms with E-state index in [1.54, 1.807) is 0 Å². The minimum absolute atomic E-state index is 0.118. The number of anilines is 3. The average molecular weight is 530 g/mol. The molecule has 2 heterocycles.